The van der Waals surface area contributed by atoms with Crippen LogP contribution in [-0.4, -0.2) is 74.4 Å². The molecule has 0 bridgehead atoms. The number of hydrogen-bond acceptors (Lipinski definition) is 8. The molecule has 2 saturated heterocycles. The number of nitrogens with one attached hydrogen (secondary N) is 2. The van der Waals surface area contributed by atoms with Crippen LogP contribution in [-0.2, 0) is 55.5 Å². The van der Waals surface area contributed by atoms with Crippen LogP contribution in [0.25, 0.3) is 22.1 Å². The number of anilines is 2. The van der Waals surface area contributed by atoms with E-state index in [-0.39, 0.29) is 33.1 Å². The lowest BCUT2D eigenvalue weighted by atomic mass is 9.92. The van der Waals surface area contributed by atoms with Crippen molar-refractivity contribution in [3.05, 3.63) is 117 Å². The summed E-state index contributed by atoms with van der Waals surface area (Å²) in [4.78, 5) is 32.4. The van der Waals surface area contributed by atoms with Gasteiger partial charge in [0.05, 0.1) is 43.2 Å². The SMILES string of the molecule is CCc1ccc(N(C(CC)C(C)CCc2ccc(N(C3CCCC3)S(=O)(=O)c3ccc4c(c3)[nH]c(=O)n4CC3CCOCC3)cc2)S(=O)(=O)c2ccc3c(c2)[nH]c(=O)n3CC2CCOCC2)cc1. The number of fused-ring (bicyclic) bond motifs is 2. The first kappa shape index (κ1) is 47.9. The molecular weight excluding hydrogens is 901 g/mol. The highest BCUT2D eigenvalue weighted by atomic mass is 32.2. The van der Waals surface area contributed by atoms with Crippen molar-refractivity contribution in [1.82, 2.24) is 19.1 Å². The number of H-pyrrole nitrogens is 2. The summed E-state index contributed by atoms with van der Waals surface area (Å²) in [6, 6.07) is 24.8. The minimum Gasteiger partial charge on any atom is -0.381 e. The number of hydrogen-bond donors (Lipinski definition) is 2. The number of aryl methyl sites for hydroxylation is 2. The van der Waals surface area contributed by atoms with Gasteiger partial charge in [0.25, 0.3) is 20.0 Å². The molecule has 9 rings (SSSR count). The number of ether oxygens (including phenoxy) is 2. The number of sulfonamides is 2. The third-order valence-corrected chi connectivity index (χ3v) is 18.6. The molecule has 16 heteroatoms. The minimum absolute atomic E-state index is 0.0762. The van der Waals surface area contributed by atoms with Gasteiger partial charge in [-0.1, -0.05) is 57.9 Å². The summed E-state index contributed by atoms with van der Waals surface area (Å²) in [6.45, 7) is 10.0. The van der Waals surface area contributed by atoms with Crippen LogP contribution in [0, 0.1) is 17.8 Å². The van der Waals surface area contributed by atoms with E-state index < -0.39 is 26.1 Å². The fourth-order valence-electron chi connectivity index (χ4n) is 10.8. The van der Waals surface area contributed by atoms with Crippen LogP contribution in [0.5, 0.6) is 0 Å². The van der Waals surface area contributed by atoms with E-state index in [1.165, 1.54) is 0 Å². The molecule has 2 unspecified atom stereocenters. The first-order valence-corrected chi connectivity index (χ1v) is 27.6. The van der Waals surface area contributed by atoms with Crippen molar-refractivity contribution in [2.24, 2.45) is 17.8 Å². The molecule has 3 aliphatic rings. The second-order valence-electron chi connectivity index (χ2n) is 19.3. The van der Waals surface area contributed by atoms with Crippen molar-refractivity contribution >= 4 is 53.5 Å². The maximum Gasteiger partial charge on any atom is 0.326 e. The van der Waals surface area contributed by atoms with Crippen LogP contribution >= 0.6 is 0 Å². The first-order chi connectivity index (χ1) is 32.8. The quantitative estimate of drug-likeness (QED) is 0.0862. The second kappa shape index (κ2) is 20.4. The Hall–Kier alpha value is -5.16. The summed E-state index contributed by atoms with van der Waals surface area (Å²) in [5, 5.41) is 0. The maximum absolute atomic E-state index is 15.0. The Labute approximate surface area is 399 Å². The number of nitrogens with zero attached hydrogens (tertiary/aromatic N) is 4. The molecule has 68 heavy (non-hydrogen) atoms. The Morgan fingerprint density at radius 3 is 1.62 bits per heavy atom. The number of aromatic amines is 2. The lowest BCUT2D eigenvalue weighted by Gasteiger charge is -2.36. The summed E-state index contributed by atoms with van der Waals surface area (Å²) < 4.78 is 77.0. The van der Waals surface area contributed by atoms with Crippen molar-refractivity contribution in [2.75, 3.05) is 35.0 Å². The predicted octanol–water partition coefficient (Wildman–Crippen LogP) is 8.77. The molecule has 0 spiro atoms. The summed E-state index contributed by atoms with van der Waals surface area (Å²) in [7, 11) is -8.12. The average molecular weight is 967 g/mol. The van der Waals surface area contributed by atoms with Crippen LogP contribution in [0.3, 0.4) is 0 Å². The highest BCUT2D eigenvalue weighted by Gasteiger charge is 2.36. The predicted molar refractivity (Wildman–Crippen MR) is 268 cm³/mol. The Morgan fingerprint density at radius 2 is 1.12 bits per heavy atom. The highest BCUT2D eigenvalue weighted by molar-refractivity contribution is 7.93. The van der Waals surface area contributed by atoms with Gasteiger partial charge < -0.3 is 19.4 Å². The Morgan fingerprint density at radius 1 is 0.632 bits per heavy atom. The molecule has 1 saturated carbocycles. The van der Waals surface area contributed by atoms with Gasteiger partial charge in [0.2, 0.25) is 0 Å². The van der Waals surface area contributed by atoms with Crippen LogP contribution in [0.15, 0.2) is 104 Å². The van der Waals surface area contributed by atoms with Crippen molar-refractivity contribution in [3.8, 4) is 0 Å². The largest absolute Gasteiger partial charge is 0.381 e. The second-order valence-corrected chi connectivity index (χ2v) is 22.9. The Kier molecular flexibility index (Phi) is 14.4. The summed E-state index contributed by atoms with van der Waals surface area (Å²) in [6.07, 6.45) is 9.63. The lowest BCUT2D eigenvalue weighted by molar-refractivity contribution is 0.0612. The number of aromatic nitrogens is 4. The zero-order valence-corrected chi connectivity index (χ0v) is 41.2. The molecule has 2 N–H and O–H groups in total. The Bertz CT molecular complexity index is 3030. The van der Waals surface area contributed by atoms with E-state index in [4.69, 9.17) is 9.47 Å². The van der Waals surface area contributed by atoms with Gasteiger partial charge in [-0.15, -0.1) is 0 Å². The van der Waals surface area contributed by atoms with Gasteiger partial charge in [0.1, 0.15) is 0 Å². The monoisotopic (exact) mass is 966 g/mol. The van der Waals surface area contributed by atoms with E-state index in [1.54, 1.807) is 54.1 Å². The number of imidazole rings is 2. The maximum atomic E-state index is 15.0. The van der Waals surface area contributed by atoms with Crippen LogP contribution in [0.1, 0.15) is 96.1 Å². The molecular formula is C52H66N6O8S2. The Balaban J connectivity index is 0.945. The van der Waals surface area contributed by atoms with Crippen molar-refractivity contribution < 1.29 is 26.3 Å². The van der Waals surface area contributed by atoms with Crippen LogP contribution in [0.4, 0.5) is 11.4 Å². The fourth-order valence-corrected chi connectivity index (χ4v) is 14.4. The van der Waals surface area contributed by atoms with Gasteiger partial charge in [0, 0.05) is 51.6 Å². The van der Waals surface area contributed by atoms with E-state index in [0.29, 0.717) is 104 Å². The van der Waals surface area contributed by atoms with Gasteiger partial charge >= 0.3 is 11.4 Å². The van der Waals surface area contributed by atoms with Gasteiger partial charge in [0.15, 0.2) is 0 Å². The van der Waals surface area contributed by atoms with E-state index >= 15 is 8.42 Å². The standard InChI is InChI=1S/C52H66N6O8S2/c1-4-37-12-16-43(17-13-37)58(68(63,64)45-21-23-50-47(33-45)54-52(60)56(50)35-40-26-30-66-31-27-40)48(5-2)36(3)10-11-38-14-18-42(19-15-38)57(41-8-6-7-9-41)67(61,62)44-20-22-49-46(32-44)53-51(59)55(49)34-39-24-28-65-29-25-39/h12-23,32-33,36,39-41,48H,4-11,24-31,34-35H2,1-3H3,(H,53,59)(H,54,60). The van der Waals surface area contributed by atoms with Crippen molar-refractivity contribution in [1.29, 1.82) is 0 Å². The summed E-state index contributed by atoms with van der Waals surface area (Å²) in [5.74, 6) is 0.557. The molecule has 3 fully saturated rings. The minimum atomic E-state index is -4.11. The fraction of sp³-hybridized carbons (Fsp3) is 0.500. The molecule has 0 radical (unpaired) electrons. The van der Waals surface area contributed by atoms with Gasteiger partial charge in [-0.25, -0.2) is 26.4 Å². The molecule has 2 atom stereocenters. The third kappa shape index (κ3) is 9.83. The molecule has 1 aliphatic carbocycles. The van der Waals surface area contributed by atoms with Crippen molar-refractivity contribution in [3.63, 3.8) is 0 Å². The molecule has 4 aromatic carbocycles. The van der Waals surface area contributed by atoms with E-state index in [9.17, 15) is 18.0 Å². The van der Waals surface area contributed by atoms with Crippen LogP contribution in [0.2, 0.25) is 0 Å². The van der Waals surface area contributed by atoms with E-state index in [1.807, 2.05) is 55.5 Å². The van der Waals surface area contributed by atoms with Crippen LogP contribution < -0.4 is 20.0 Å². The molecule has 364 valence electrons. The molecule has 6 aromatic rings. The number of benzene rings is 4. The van der Waals surface area contributed by atoms with Gasteiger partial charge in [-0.05, 0) is 154 Å². The highest BCUT2D eigenvalue weighted by Crippen LogP contribution is 2.37. The summed E-state index contributed by atoms with van der Waals surface area (Å²) >= 11 is 0. The van der Waals surface area contributed by atoms with E-state index in [0.717, 1.165) is 68.9 Å². The molecule has 14 nitrogen and oxygen atoms in total. The molecule has 4 heterocycles. The summed E-state index contributed by atoms with van der Waals surface area (Å²) in [5.41, 5.74) is 5.17. The smallest absolute Gasteiger partial charge is 0.326 e. The van der Waals surface area contributed by atoms with Crippen molar-refractivity contribution in [2.45, 2.75) is 133 Å². The number of rotatable bonds is 18. The molecule has 2 aromatic heterocycles. The van der Waals surface area contributed by atoms with Gasteiger partial charge in [-0.3, -0.25) is 17.7 Å². The third-order valence-electron chi connectivity index (χ3n) is 14.9. The zero-order chi connectivity index (χ0) is 47.6. The molecule has 0 amide bonds. The van der Waals surface area contributed by atoms with Gasteiger partial charge in [-0.2, -0.15) is 0 Å². The topological polar surface area (TPSA) is 169 Å². The molecule has 2 aliphatic heterocycles. The normalized spacial score (nSPS) is 17.8. The lowest BCUT2D eigenvalue weighted by Crippen LogP contribution is -2.44. The average Bonchev–Trinajstić information content (AvgIpc) is 4.07. The zero-order valence-electron chi connectivity index (χ0n) is 39.6. The van der Waals surface area contributed by atoms with E-state index in [2.05, 4.69) is 23.8 Å². The first-order valence-electron chi connectivity index (χ1n) is 24.7.